The lowest BCUT2D eigenvalue weighted by molar-refractivity contribution is -0.255. The van der Waals surface area contributed by atoms with E-state index in [1.807, 2.05) is 36.2 Å². The van der Waals surface area contributed by atoms with E-state index in [0.29, 0.717) is 42.1 Å². The summed E-state index contributed by atoms with van der Waals surface area (Å²) in [6.07, 6.45) is 11.8. The van der Waals surface area contributed by atoms with Gasteiger partial charge >= 0.3 is 0 Å². The van der Waals surface area contributed by atoms with Crippen molar-refractivity contribution < 1.29 is 38.9 Å². The van der Waals surface area contributed by atoms with Gasteiger partial charge in [-0.3, -0.25) is 9.59 Å². The molecule has 0 spiro atoms. The highest BCUT2D eigenvalue weighted by Gasteiger charge is 2.65. The van der Waals surface area contributed by atoms with Gasteiger partial charge in [0.15, 0.2) is 0 Å². The molecule has 2 saturated carbocycles. The van der Waals surface area contributed by atoms with Crippen LogP contribution in [0.2, 0.25) is 0 Å². The number of amides is 1. The summed E-state index contributed by atoms with van der Waals surface area (Å²) in [5, 5.41) is 24.1. The summed E-state index contributed by atoms with van der Waals surface area (Å²) in [6, 6.07) is 12.4. The van der Waals surface area contributed by atoms with Gasteiger partial charge in [-0.15, -0.1) is 6.58 Å². The van der Waals surface area contributed by atoms with E-state index in [4.69, 9.17) is 19.0 Å². The van der Waals surface area contributed by atoms with Crippen LogP contribution in [0.15, 0.2) is 71.9 Å². The standard InChI is InChI=1S/C40H50N2O8/c1-4-20-48-40-36(42(2)39(46)27-14-15-27)24-34(41-47-3)32-22-28(11-5-7-18-43)31(13-6-8-19-44)37(38(32)40)33-23-30(16-17-35(33)50-40)49-29-12-9-10-26(21-29)25-45/h4,9-10,12,16-17,21-23,25,27-28,31,36-38,43-44H,1,5-8,11,13-15,18-20,24H2,2-3H3/t28-,31+,36-,37+,38+,40+/m0/s1. The summed E-state index contributed by atoms with van der Waals surface area (Å²) < 4.78 is 20.4. The van der Waals surface area contributed by atoms with E-state index in [1.54, 1.807) is 31.4 Å². The van der Waals surface area contributed by atoms with Crippen molar-refractivity contribution >= 4 is 17.9 Å². The smallest absolute Gasteiger partial charge is 0.239 e. The lowest BCUT2D eigenvalue weighted by atomic mass is 9.55. The maximum absolute atomic E-state index is 13.8. The van der Waals surface area contributed by atoms with E-state index < -0.39 is 11.8 Å². The molecule has 0 bridgehead atoms. The van der Waals surface area contributed by atoms with E-state index in [0.717, 1.165) is 61.7 Å². The molecule has 4 aliphatic rings. The number of benzene rings is 2. The third kappa shape index (κ3) is 7.11. The van der Waals surface area contributed by atoms with Crippen LogP contribution in [0.5, 0.6) is 17.2 Å². The number of nitrogens with zero attached hydrogens (tertiary/aromatic N) is 2. The summed E-state index contributed by atoms with van der Waals surface area (Å²) in [5.41, 5.74) is 3.25. The molecule has 10 nitrogen and oxygen atoms in total. The zero-order valence-corrected chi connectivity index (χ0v) is 29.2. The zero-order valence-electron chi connectivity index (χ0n) is 29.2. The van der Waals surface area contributed by atoms with Crippen molar-refractivity contribution in [1.29, 1.82) is 0 Å². The number of ether oxygens (including phenoxy) is 3. The molecule has 0 aromatic heterocycles. The van der Waals surface area contributed by atoms with Crippen molar-refractivity contribution in [1.82, 2.24) is 4.90 Å². The minimum atomic E-state index is -1.25. The topological polar surface area (TPSA) is 127 Å². The minimum absolute atomic E-state index is 0.00574. The minimum Gasteiger partial charge on any atom is -0.459 e. The number of rotatable bonds is 17. The number of oxime groups is 1. The van der Waals surface area contributed by atoms with Crippen LogP contribution in [0.4, 0.5) is 0 Å². The van der Waals surface area contributed by atoms with E-state index in [9.17, 15) is 19.8 Å². The fourth-order valence-electron chi connectivity index (χ4n) is 8.46. The fraction of sp³-hybridized carbons (Fsp3) is 0.525. The van der Waals surface area contributed by atoms with Gasteiger partial charge in [-0.25, -0.2) is 0 Å². The number of aliphatic hydroxyl groups excluding tert-OH is 2. The average Bonchev–Trinajstić information content (AvgIpc) is 3.98. The first-order chi connectivity index (χ1) is 24.4. The molecule has 1 aliphatic heterocycles. The predicted molar refractivity (Wildman–Crippen MR) is 189 cm³/mol. The first kappa shape index (κ1) is 35.8. The Kier molecular flexibility index (Phi) is 11.4. The number of allylic oxidation sites excluding steroid dienone is 1. The maximum atomic E-state index is 13.8. The second-order valence-corrected chi connectivity index (χ2v) is 14.0. The molecule has 6 atom stereocenters. The molecule has 6 rings (SSSR count). The normalized spacial score (nSPS) is 27.3. The monoisotopic (exact) mass is 686 g/mol. The van der Waals surface area contributed by atoms with Gasteiger partial charge in [-0.05, 0) is 86.3 Å². The summed E-state index contributed by atoms with van der Waals surface area (Å²) in [4.78, 5) is 32.6. The Morgan fingerprint density at radius 2 is 1.84 bits per heavy atom. The lowest BCUT2D eigenvalue weighted by Gasteiger charge is -2.59. The quantitative estimate of drug-likeness (QED) is 0.0845. The van der Waals surface area contributed by atoms with Gasteiger partial charge in [0.1, 0.15) is 36.7 Å². The largest absolute Gasteiger partial charge is 0.459 e. The van der Waals surface area contributed by atoms with Crippen molar-refractivity contribution in [3.8, 4) is 17.2 Å². The molecule has 1 amide bonds. The Hall–Kier alpha value is -3.99. The predicted octanol–water partition coefficient (Wildman–Crippen LogP) is 6.42. The molecule has 0 unspecified atom stereocenters. The van der Waals surface area contributed by atoms with E-state index in [2.05, 4.69) is 17.8 Å². The van der Waals surface area contributed by atoms with Crippen molar-refractivity contribution in [3.63, 3.8) is 0 Å². The van der Waals surface area contributed by atoms with Crippen LogP contribution in [-0.2, 0) is 14.4 Å². The highest BCUT2D eigenvalue weighted by atomic mass is 16.7. The number of hydrogen-bond acceptors (Lipinski definition) is 9. The maximum Gasteiger partial charge on any atom is 0.239 e. The van der Waals surface area contributed by atoms with Crippen LogP contribution in [-0.4, -0.2) is 78.8 Å². The van der Waals surface area contributed by atoms with Gasteiger partial charge in [0.05, 0.1) is 18.2 Å². The third-order valence-corrected chi connectivity index (χ3v) is 10.8. The lowest BCUT2D eigenvalue weighted by Crippen LogP contribution is -2.69. The summed E-state index contributed by atoms with van der Waals surface area (Å²) >= 11 is 0. The van der Waals surface area contributed by atoms with Gasteiger partial charge in [0.2, 0.25) is 11.7 Å². The number of carbonyl (C=O) groups is 2. The SMILES string of the molecule is C=CCO[C@@]12Oc3ccc(Oc4cccc(C=O)c4)cc3[C@H]3[C@H](CCCCO)[C@@H](CCCCO)C=C(C(=NOC)C[C@@H]1N(C)C(=O)C1CC1)[C@H]32. The van der Waals surface area contributed by atoms with Crippen molar-refractivity contribution in [3.05, 3.63) is 77.9 Å². The number of aliphatic hydroxyl groups is 2. The van der Waals surface area contributed by atoms with Crippen molar-refractivity contribution in [2.45, 2.75) is 75.5 Å². The number of unbranched alkanes of at least 4 members (excludes halogenated alkanes) is 2. The van der Waals surface area contributed by atoms with Crippen LogP contribution in [0.1, 0.15) is 79.6 Å². The number of hydrogen-bond donors (Lipinski definition) is 2. The molecule has 2 aromatic carbocycles. The second kappa shape index (κ2) is 15.9. The molecular formula is C40H50N2O8. The molecule has 2 N–H and O–H groups in total. The van der Waals surface area contributed by atoms with Crippen molar-refractivity contribution in [2.24, 2.45) is 28.8 Å². The van der Waals surface area contributed by atoms with Crippen LogP contribution >= 0.6 is 0 Å². The van der Waals surface area contributed by atoms with Crippen LogP contribution in [0.3, 0.4) is 0 Å². The van der Waals surface area contributed by atoms with E-state index in [1.165, 1.54) is 0 Å². The Balaban J connectivity index is 1.54. The Labute approximate surface area is 294 Å². The first-order valence-corrected chi connectivity index (χ1v) is 18.0. The number of aldehydes is 1. The molecular weight excluding hydrogens is 636 g/mol. The first-order valence-electron chi connectivity index (χ1n) is 18.0. The van der Waals surface area contributed by atoms with Gasteiger partial charge in [0, 0.05) is 49.6 Å². The second-order valence-electron chi connectivity index (χ2n) is 14.0. The molecule has 0 radical (unpaired) electrons. The summed E-state index contributed by atoms with van der Waals surface area (Å²) in [6.45, 7) is 4.42. The summed E-state index contributed by atoms with van der Waals surface area (Å²) in [5.74, 6) is 0.385. The molecule has 50 heavy (non-hydrogen) atoms. The number of carbonyl (C=O) groups excluding carboxylic acids is 2. The Morgan fingerprint density at radius 1 is 1.08 bits per heavy atom. The van der Waals surface area contributed by atoms with Crippen LogP contribution in [0.25, 0.3) is 0 Å². The zero-order chi connectivity index (χ0) is 35.3. The highest BCUT2D eigenvalue weighted by molar-refractivity contribution is 6.03. The van der Waals surface area contributed by atoms with Gasteiger partial charge < -0.3 is 34.2 Å². The molecule has 268 valence electrons. The highest BCUT2D eigenvalue weighted by Crippen LogP contribution is 2.62. The van der Waals surface area contributed by atoms with E-state index in [-0.39, 0.29) is 55.3 Å². The molecule has 10 heteroatoms. The van der Waals surface area contributed by atoms with Crippen LogP contribution in [0, 0.1) is 23.7 Å². The van der Waals surface area contributed by atoms with Gasteiger partial charge in [-0.1, -0.05) is 42.3 Å². The number of likely N-dealkylation sites (N-methyl/N-ethyl adjacent to an activating group) is 1. The summed E-state index contributed by atoms with van der Waals surface area (Å²) in [7, 11) is 3.39. The molecule has 2 aromatic rings. The third-order valence-electron chi connectivity index (χ3n) is 10.8. The fourth-order valence-corrected chi connectivity index (χ4v) is 8.46. The number of fused-ring (bicyclic) bond motifs is 2. The van der Waals surface area contributed by atoms with Crippen LogP contribution < -0.4 is 9.47 Å². The molecule has 1 heterocycles. The molecule has 2 fully saturated rings. The average molecular weight is 687 g/mol. The van der Waals surface area contributed by atoms with Gasteiger partial charge in [0.25, 0.3) is 0 Å². The Morgan fingerprint density at radius 3 is 2.54 bits per heavy atom. The van der Waals surface area contributed by atoms with E-state index >= 15 is 0 Å². The Bertz CT molecular complexity index is 1600. The molecule has 3 aliphatic carbocycles. The molecule has 0 saturated heterocycles. The van der Waals surface area contributed by atoms with Gasteiger partial charge in [-0.2, -0.15) is 0 Å². The van der Waals surface area contributed by atoms with Crippen molar-refractivity contribution in [2.75, 3.05) is 34.0 Å².